The standard InChI is InChI=1S/C37H42N4O7/c1-24-15-16-38-32(18-24)41(36(46)48-37(2,3)4)17-7-10-33(43)39-23-34(44)40-31(22-35(45)47-5)29-9-6-8-25(20-29)26-11-12-28-21-30(42)14-13-27(28)19-26/h6,8-9,11-16,18-21,31,42H,7,10,17,22-23H2,1-5H3,(H,39,43)(H,40,44)/t31-/m0/s1. The van der Waals surface area contributed by atoms with Crippen molar-refractivity contribution in [2.45, 2.75) is 58.6 Å². The predicted molar refractivity (Wildman–Crippen MR) is 183 cm³/mol. The van der Waals surface area contributed by atoms with Gasteiger partial charge in [0.15, 0.2) is 0 Å². The monoisotopic (exact) mass is 654 g/mol. The maximum atomic E-state index is 13.0. The summed E-state index contributed by atoms with van der Waals surface area (Å²) in [5.74, 6) is -0.742. The summed E-state index contributed by atoms with van der Waals surface area (Å²) in [7, 11) is 1.28. The van der Waals surface area contributed by atoms with E-state index in [0.717, 1.165) is 27.5 Å². The molecule has 11 heteroatoms. The first kappa shape index (κ1) is 35.4. The second kappa shape index (κ2) is 15.9. The van der Waals surface area contributed by atoms with E-state index in [0.29, 0.717) is 17.8 Å². The Morgan fingerprint density at radius 3 is 2.38 bits per heavy atom. The number of hydrogen-bond donors (Lipinski definition) is 3. The third-order valence-corrected chi connectivity index (χ3v) is 7.40. The van der Waals surface area contributed by atoms with Gasteiger partial charge >= 0.3 is 12.1 Å². The molecule has 0 saturated carbocycles. The fourth-order valence-corrected chi connectivity index (χ4v) is 5.04. The number of nitrogens with zero attached hydrogens (tertiary/aromatic N) is 2. The summed E-state index contributed by atoms with van der Waals surface area (Å²) in [6.07, 6.45) is 1.28. The molecule has 0 aliphatic heterocycles. The third-order valence-electron chi connectivity index (χ3n) is 7.40. The van der Waals surface area contributed by atoms with Crippen LogP contribution in [0.5, 0.6) is 5.75 Å². The van der Waals surface area contributed by atoms with Crippen molar-refractivity contribution in [1.82, 2.24) is 15.6 Å². The van der Waals surface area contributed by atoms with Gasteiger partial charge in [-0.25, -0.2) is 9.78 Å². The average Bonchev–Trinajstić information content (AvgIpc) is 3.04. The summed E-state index contributed by atoms with van der Waals surface area (Å²) in [5.41, 5.74) is 2.70. The summed E-state index contributed by atoms with van der Waals surface area (Å²) in [6, 6.07) is 21.4. The highest BCUT2D eigenvalue weighted by Crippen LogP contribution is 2.29. The highest BCUT2D eigenvalue weighted by atomic mass is 16.6. The maximum absolute atomic E-state index is 13.0. The molecule has 0 unspecified atom stereocenters. The van der Waals surface area contributed by atoms with E-state index < -0.39 is 29.6 Å². The number of ether oxygens (including phenoxy) is 2. The van der Waals surface area contributed by atoms with E-state index in [4.69, 9.17) is 9.47 Å². The molecule has 1 atom stereocenters. The van der Waals surface area contributed by atoms with Crippen molar-refractivity contribution in [3.8, 4) is 16.9 Å². The van der Waals surface area contributed by atoms with Gasteiger partial charge in [-0.1, -0.05) is 36.4 Å². The SMILES string of the molecule is COC(=O)C[C@H](NC(=O)CNC(=O)CCCN(C(=O)OC(C)(C)C)c1cc(C)ccn1)c1cccc(-c2ccc3cc(O)ccc3c2)c1. The molecule has 0 fully saturated rings. The number of carbonyl (C=O) groups is 4. The topological polar surface area (TPSA) is 147 Å². The number of esters is 1. The Morgan fingerprint density at radius 1 is 0.917 bits per heavy atom. The van der Waals surface area contributed by atoms with Gasteiger partial charge in [0.05, 0.1) is 26.1 Å². The molecule has 0 spiro atoms. The van der Waals surface area contributed by atoms with Crippen molar-refractivity contribution in [2.24, 2.45) is 0 Å². The Balaban J connectivity index is 1.37. The number of rotatable bonds is 12. The van der Waals surface area contributed by atoms with Crippen molar-refractivity contribution in [1.29, 1.82) is 0 Å². The van der Waals surface area contributed by atoms with E-state index in [9.17, 15) is 24.3 Å². The number of methoxy groups -OCH3 is 1. The highest BCUT2D eigenvalue weighted by Gasteiger charge is 2.25. The average molecular weight is 655 g/mol. The molecule has 0 radical (unpaired) electrons. The molecule has 48 heavy (non-hydrogen) atoms. The van der Waals surface area contributed by atoms with Gasteiger partial charge in [0.1, 0.15) is 17.2 Å². The number of carbonyl (C=O) groups excluding carboxylic acids is 4. The zero-order valence-corrected chi connectivity index (χ0v) is 27.9. The number of aryl methyl sites for hydroxylation is 1. The fourth-order valence-electron chi connectivity index (χ4n) is 5.04. The second-order valence-electron chi connectivity index (χ2n) is 12.5. The number of anilines is 1. The fraction of sp³-hybridized carbons (Fsp3) is 0.324. The number of aromatic nitrogens is 1. The number of fused-ring (bicyclic) bond motifs is 1. The minimum absolute atomic E-state index is 0.0530. The van der Waals surface area contributed by atoms with Crippen molar-refractivity contribution in [2.75, 3.05) is 25.1 Å². The molecule has 0 saturated heterocycles. The third kappa shape index (κ3) is 10.3. The number of pyridine rings is 1. The van der Waals surface area contributed by atoms with E-state index >= 15 is 0 Å². The lowest BCUT2D eigenvalue weighted by molar-refractivity contribution is -0.141. The summed E-state index contributed by atoms with van der Waals surface area (Å²) < 4.78 is 10.4. The molecule has 3 amide bonds. The Bertz CT molecular complexity index is 1780. The molecule has 4 aromatic rings. The van der Waals surface area contributed by atoms with E-state index in [1.54, 1.807) is 45.2 Å². The summed E-state index contributed by atoms with van der Waals surface area (Å²) >= 11 is 0. The molecular formula is C37H42N4O7. The quantitative estimate of drug-likeness (QED) is 0.158. The Kier molecular flexibility index (Phi) is 11.7. The molecule has 0 bridgehead atoms. The van der Waals surface area contributed by atoms with Crippen LogP contribution in [0.4, 0.5) is 10.6 Å². The summed E-state index contributed by atoms with van der Waals surface area (Å²) in [6.45, 7) is 7.09. The van der Waals surface area contributed by atoms with E-state index in [-0.39, 0.29) is 37.6 Å². The van der Waals surface area contributed by atoms with Gasteiger partial charge in [0.2, 0.25) is 11.8 Å². The number of nitrogens with one attached hydrogen (secondary N) is 2. The molecule has 4 rings (SSSR count). The van der Waals surface area contributed by atoms with Crippen molar-refractivity contribution < 1.29 is 33.8 Å². The van der Waals surface area contributed by atoms with Crippen LogP contribution < -0.4 is 15.5 Å². The number of phenolic OH excluding ortho intramolecular Hbond substituents is 1. The molecule has 252 valence electrons. The van der Waals surface area contributed by atoms with Gasteiger partial charge in [-0.15, -0.1) is 0 Å². The Hall–Kier alpha value is -5.45. The van der Waals surface area contributed by atoms with Crippen LogP contribution in [0.3, 0.4) is 0 Å². The van der Waals surface area contributed by atoms with Gasteiger partial charge in [-0.05, 0) is 104 Å². The zero-order chi connectivity index (χ0) is 34.8. The maximum Gasteiger partial charge on any atom is 0.416 e. The van der Waals surface area contributed by atoms with Crippen LogP contribution >= 0.6 is 0 Å². The Morgan fingerprint density at radius 2 is 1.65 bits per heavy atom. The normalized spacial score (nSPS) is 11.8. The number of benzene rings is 3. The molecule has 0 aliphatic rings. The highest BCUT2D eigenvalue weighted by molar-refractivity contribution is 5.89. The minimum atomic E-state index is -0.709. The second-order valence-corrected chi connectivity index (χ2v) is 12.5. The smallest absolute Gasteiger partial charge is 0.416 e. The van der Waals surface area contributed by atoms with E-state index in [1.165, 1.54) is 12.0 Å². The largest absolute Gasteiger partial charge is 0.508 e. The first-order chi connectivity index (χ1) is 22.8. The van der Waals surface area contributed by atoms with Crippen LogP contribution in [-0.4, -0.2) is 59.8 Å². The van der Waals surface area contributed by atoms with Gasteiger partial charge < -0.3 is 25.2 Å². The molecule has 1 heterocycles. The molecule has 11 nitrogen and oxygen atoms in total. The minimum Gasteiger partial charge on any atom is -0.508 e. The van der Waals surface area contributed by atoms with Crippen LogP contribution in [0.25, 0.3) is 21.9 Å². The van der Waals surface area contributed by atoms with Crippen LogP contribution in [0.1, 0.15) is 57.2 Å². The number of aromatic hydroxyl groups is 1. The lowest BCUT2D eigenvalue weighted by Gasteiger charge is -2.27. The number of hydrogen-bond acceptors (Lipinski definition) is 8. The summed E-state index contributed by atoms with van der Waals surface area (Å²) in [5, 5.41) is 17.1. The first-order valence-electron chi connectivity index (χ1n) is 15.7. The van der Waals surface area contributed by atoms with Gasteiger partial charge in [0.25, 0.3) is 0 Å². The van der Waals surface area contributed by atoms with Crippen LogP contribution in [0, 0.1) is 6.92 Å². The molecule has 0 aliphatic carbocycles. The molecule has 3 N–H and O–H groups in total. The van der Waals surface area contributed by atoms with Crippen molar-refractivity contribution in [3.05, 3.63) is 90.1 Å². The number of amides is 3. The van der Waals surface area contributed by atoms with Gasteiger partial charge in [-0.2, -0.15) is 0 Å². The lowest BCUT2D eigenvalue weighted by atomic mass is 9.96. The van der Waals surface area contributed by atoms with Gasteiger partial charge in [0, 0.05) is 19.2 Å². The van der Waals surface area contributed by atoms with E-state index in [2.05, 4.69) is 15.6 Å². The molecule has 3 aromatic carbocycles. The lowest BCUT2D eigenvalue weighted by Crippen LogP contribution is -2.40. The van der Waals surface area contributed by atoms with E-state index in [1.807, 2.05) is 61.5 Å². The van der Waals surface area contributed by atoms with Gasteiger partial charge in [-0.3, -0.25) is 19.3 Å². The Labute approximate surface area is 280 Å². The first-order valence-corrected chi connectivity index (χ1v) is 15.7. The molecular weight excluding hydrogens is 612 g/mol. The summed E-state index contributed by atoms with van der Waals surface area (Å²) in [4.78, 5) is 56.5. The van der Waals surface area contributed by atoms with Crippen LogP contribution in [-0.2, 0) is 23.9 Å². The predicted octanol–water partition coefficient (Wildman–Crippen LogP) is 5.97. The van der Waals surface area contributed by atoms with Crippen molar-refractivity contribution >= 4 is 40.5 Å². The van der Waals surface area contributed by atoms with Crippen LogP contribution in [0.15, 0.2) is 79.0 Å². The number of phenols is 1. The zero-order valence-electron chi connectivity index (χ0n) is 27.9. The van der Waals surface area contributed by atoms with Crippen molar-refractivity contribution in [3.63, 3.8) is 0 Å². The molecule has 1 aromatic heterocycles. The van der Waals surface area contributed by atoms with Crippen LogP contribution in [0.2, 0.25) is 0 Å².